The van der Waals surface area contributed by atoms with Crippen molar-refractivity contribution < 1.29 is 6.48 Å². The molecular formula is C57H59N3O. The molecule has 0 saturated carbocycles. The van der Waals surface area contributed by atoms with Gasteiger partial charge in [0.25, 0.3) is 0 Å². The van der Waals surface area contributed by atoms with Crippen molar-refractivity contribution in [3.63, 3.8) is 0 Å². The van der Waals surface area contributed by atoms with Crippen LogP contribution in [0.4, 0.5) is 0 Å². The molecule has 4 heteroatoms. The lowest BCUT2D eigenvalue weighted by Gasteiger charge is -2.27. The topological polar surface area (TPSA) is 50.9 Å². The molecule has 2 heterocycles. The first-order chi connectivity index (χ1) is 29.2. The molecule has 0 aliphatic rings. The van der Waals surface area contributed by atoms with Gasteiger partial charge in [0.15, 0.2) is 0 Å². The van der Waals surface area contributed by atoms with Gasteiger partial charge in [-0.15, -0.1) is 0 Å². The Morgan fingerprint density at radius 3 is 1.82 bits per heavy atom. The van der Waals surface area contributed by atoms with E-state index >= 15 is 0 Å². The molecule has 8 rings (SSSR count). The van der Waals surface area contributed by atoms with Gasteiger partial charge in [0.05, 0.1) is 28.0 Å². The molecule has 1 N–H and O–H groups in total. The Labute approximate surface area is 364 Å². The summed E-state index contributed by atoms with van der Waals surface area (Å²) in [5.74, 6) is 0.0672. The summed E-state index contributed by atoms with van der Waals surface area (Å²) in [4.78, 5) is 10.6. The first kappa shape index (κ1) is 40.2. The largest absolute Gasteiger partial charge is 0.507 e. The van der Waals surface area contributed by atoms with Crippen LogP contribution in [0.15, 0.2) is 146 Å². The van der Waals surface area contributed by atoms with Crippen LogP contribution in [0.3, 0.4) is 0 Å². The van der Waals surface area contributed by atoms with E-state index in [0.717, 1.165) is 78.0 Å². The van der Waals surface area contributed by atoms with Gasteiger partial charge in [0.1, 0.15) is 11.6 Å². The number of aromatic nitrogens is 3. The Balaban J connectivity index is 1.47. The van der Waals surface area contributed by atoms with Crippen LogP contribution < -0.4 is 0 Å². The molecule has 0 atom stereocenters. The molecule has 0 bridgehead atoms. The van der Waals surface area contributed by atoms with E-state index in [1.165, 1.54) is 5.56 Å². The number of hydrogen-bond acceptors (Lipinski definition) is 3. The molecule has 308 valence electrons. The van der Waals surface area contributed by atoms with Crippen LogP contribution >= 0.6 is 0 Å². The summed E-state index contributed by atoms with van der Waals surface area (Å²) in [5, 5.41) is 12.5. The molecule has 0 amide bonds. The highest BCUT2D eigenvalue weighted by Gasteiger charge is 2.29. The first-order valence-electron chi connectivity index (χ1n) is 22.0. The number of aromatic hydroxyl groups is 1. The minimum Gasteiger partial charge on any atom is -0.507 e. The Bertz CT molecular complexity index is 2930. The average Bonchev–Trinajstić information content (AvgIpc) is 3.62. The zero-order valence-electron chi connectivity index (χ0n) is 38.6. The maximum absolute atomic E-state index is 12.5. The lowest BCUT2D eigenvalue weighted by Crippen LogP contribution is -2.17. The SMILES string of the molecule is [2H]C(C)(C)c1ccc(-n2c(-c3cc(C(C)(C)C)cc(C(C)(C)C)c3O)nc3c(-c4cc(-c5cc(-c6ccccc6)ccn5)cc(C(C)(C)C)c4)cccc32)c(-c2ccccc2)c1. The second kappa shape index (κ2) is 15.6. The van der Waals surface area contributed by atoms with Crippen LogP contribution in [-0.2, 0) is 16.2 Å². The van der Waals surface area contributed by atoms with Crippen molar-refractivity contribution >= 4 is 11.0 Å². The summed E-state index contributed by atoms with van der Waals surface area (Å²) < 4.78 is 11.3. The Hall–Kier alpha value is -6.26. The third kappa shape index (κ3) is 8.16. The van der Waals surface area contributed by atoms with Gasteiger partial charge in [-0.25, -0.2) is 4.98 Å². The van der Waals surface area contributed by atoms with E-state index in [1.54, 1.807) is 0 Å². The molecule has 0 fully saturated rings. The number of pyridine rings is 1. The Morgan fingerprint density at radius 2 is 1.18 bits per heavy atom. The van der Waals surface area contributed by atoms with Gasteiger partial charge in [-0.2, -0.15) is 0 Å². The van der Waals surface area contributed by atoms with Crippen molar-refractivity contribution in [1.82, 2.24) is 14.5 Å². The standard InChI is InChI=1S/C57H59N3O/c1-36(2)39-25-26-50(46(32-39)38-21-16-13-17-22-38)60-51-24-18-23-45(52(51)59-54(60)47-34-44(56(6,7)8)35-48(53(47)61)57(9,10)11)41-29-42(31-43(30-41)55(3,4)5)49-33-40(27-28-58-49)37-19-14-12-15-20-37/h12-36,61H,1-11H3/i36D. The van der Waals surface area contributed by atoms with E-state index in [0.29, 0.717) is 11.4 Å². The van der Waals surface area contributed by atoms with Gasteiger partial charge >= 0.3 is 0 Å². The molecule has 0 unspecified atom stereocenters. The minimum atomic E-state index is -0.818. The van der Waals surface area contributed by atoms with Crippen molar-refractivity contribution in [2.24, 2.45) is 0 Å². The van der Waals surface area contributed by atoms with E-state index < -0.39 is 5.89 Å². The van der Waals surface area contributed by atoms with Gasteiger partial charge in [0.2, 0.25) is 0 Å². The number of para-hydroxylation sites is 1. The number of rotatable bonds is 7. The van der Waals surface area contributed by atoms with Gasteiger partial charge in [0, 0.05) is 29.8 Å². The molecule has 0 aliphatic carbocycles. The van der Waals surface area contributed by atoms with Crippen LogP contribution in [0, 0.1) is 0 Å². The van der Waals surface area contributed by atoms with Crippen LogP contribution in [0.5, 0.6) is 5.75 Å². The quantitative estimate of drug-likeness (QED) is 0.175. The van der Waals surface area contributed by atoms with Crippen LogP contribution in [-0.4, -0.2) is 19.6 Å². The highest BCUT2D eigenvalue weighted by Crippen LogP contribution is 2.46. The van der Waals surface area contributed by atoms with E-state index in [4.69, 9.17) is 11.3 Å². The van der Waals surface area contributed by atoms with Gasteiger partial charge in [-0.1, -0.05) is 167 Å². The summed E-state index contributed by atoms with van der Waals surface area (Å²) >= 11 is 0. The molecule has 4 nitrogen and oxygen atoms in total. The molecular weight excluding hydrogens is 743 g/mol. The van der Waals surface area contributed by atoms with Crippen molar-refractivity contribution in [3.05, 3.63) is 168 Å². The van der Waals surface area contributed by atoms with E-state index in [9.17, 15) is 5.11 Å². The second-order valence-electron chi connectivity index (χ2n) is 19.8. The summed E-state index contributed by atoms with van der Waals surface area (Å²) in [7, 11) is 0. The maximum Gasteiger partial charge on any atom is 0.149 e. The van der Waals surface area contributed by atoms with E-state index in [1.807, 2.05) is 32.2 Å². The fraction of sp³-hybridized carbons (Fsp3) is 0.263. The van der Waals surface area contributed by atoms with E-state index in [2.05, 4.69) is 194 Å². The number of hydrogen-bond donors (Lipinski definition) is 1. The van der Waals surface area contributed by atoms with Gasteiger partial charge in [-0.05, 0) is 110 Å². The lowest BCUT2D eigenvalue weighted by atomic mass is 9.79. The number of nitrogens with zero attached hydrogens (tertiary/aromatic N) is 3. The van der Waals surface area contributed by atoms with Crippen molar-refractivity contribution in [2.75, 3.05) is 0 Å². The third-order valence-electron chi connectivity index (χ3n) is 11.9. The number of fused-ring (bicyclic) bond motifs is 1. The Kier molecular flexibility index (Phi) is 10.3. The monoisotopic (exact) mass is 802 g/mol. The molecule has 0 aliphatic heterocycles. The summed E-state index contributed by atoms with van der Waals surface area (Å²) in [6.45, 7) is 23.7. The maximum atomic E-state index is 12.5. The fourth-order valence-electron chi connectivity index (χ4n) is 8.22. The molecule has 61 heavy (non-hydrogen) atoms. The van der Waals surface area contributed by atoms with Crippen LogP contribution in [0.25, 0.3) is 72.7 Å². The van der Waals surface area contributed by atoms with E-state index in [-0.39, 0.29) is 22.0 Å². The van der Waals surface area contributed by atoms with Crippen molar-refractivity contribution in [3.8, 4) is 67.5 Å². The van der Waals surface area contributed by atoms with Gasteiger partial charge in [-0.3, -0.25) is 9.55 Å². The Morgan fingerprint density at radius 1 is 0.541 bits per heavy atom. The zero-order valence-corrected chi connectivity index (χ0v) is 37.6. The highest BCUT2D eigenvalue weighted by atomic mass is 16.3. The van der Waals surface area contributed by atoms with Crippen molar-refractivity contribution in [1.29, 1.82) is 0 Å². The summed E-state index contributed by atoms with van der Waals surface area (Å²) in [6.07, 6.45) is 1.90. The average molecular weight is 803 g/mol. The predicted octanol–water partition coefficient (Wildman–Crippen LogP) is 15.5. The minimum absolute atomic E-state index is 0.152. The molecule has 0 radical (unpaired) electrons. The molecule has 8 aromatic rings. The molecule has 2 aromatic heterocycles. The molecule has 0 spiro atoms. The highest BCUT2D eigenvalue weighted by molar-refractivity contribution is 5.98. The van der Waals surface area contributed by atoms with Crippen LogP contribution in [0.1, 0.15) is 106 Å². The van der Waals surface area contributed by atoms with Gasteiger partial charge < -0.3 is 5.11 Å². The number of imidazole rings is 1. The normalized spacial score (nSPS) is 12.8. The fourth-order valence-corrected chi connectivity index (χ4v) is 8.22. The first-order valence-corrected chi connectivity index (χ1v) is 21.5. The number of benzene rings is 6. The number of phenols is 1. The lowest BCUT2D eigenvalue weighted by molar-refractivity contribution is 0.446. The van der Waals surface area contributed by atoms with Crippen LogP contribution in [0.2, 0.25) is 0 Å². The second-order valence-corrected chi connectivity index (χ2v) is 19.8. The summed E-state index contributed by atoms with van der Waals surface area (Å²) in [6, 6.07) is 49.0. The third-order valence-corrected chi connectivity index (χ3v) is 11.9. The molecule has 6 aromatic carbocycles. The molecule has 0 saturated heterocycles. The number of phenolic OH excluding ortho intramolecular Hbond substituents is 1. The predicted molar refractivity (Wildman–Crippen MR) is 258 cm³/mol. The smallest absolute Gasteiger partial charge is 0.149 e. The van der Waals surface area contributed by atoms with Crippen molar-refractivity contribution in [2.45, 2.75) is 98.3 Å². The zero-order chi connectivity index (χ0) is 44.4. The summed E-state index contributed by atoms with van der Waals surface area (Å²) in [5.41, 5.74) is 15.0.